The normalized spacial score (nSPS) is 20.2. The number of carbonyl (C=O) groups excluding carboxylic acids is 6. The lowest BCUT2D eigenvalue weighted by Crippen LogP contribution is -2.59. The molecule has 1 aromatic carbocycles. The quantitative estimate of drug-likeness (QED) is 0.361. The Balaban J connectivity index is 1.70. The number of benzene rings is 1. The third-order valence-corrected chi connectivity index (χ3v) is 7.35. The summed E-state index contributed by atoms with van der Waals surface area (Å²) in [4.78, 5) is 79.5. The van der Waals surface area contributed by atoms with E-state index in [1.54, 1.807) is 38.1 Å². The maximum absolute atomic E-state index is 13.5. The second-order valence-electron chi connectivity index (χ2n) is 11.4. The molecule has 0 aliphatic carbocycles. The summed E-state index contributed by atoms with van der Waals surface area (Å²) >= 11 is 0. The van der Waals surface area contributed by atoms with Gasteiger partial charge in [0.05, 0.1) is 0 Å². The minimum Gasteiger partial charge on any atom is -0.444 e. The first-order valence-electron chi connectivity index (χ1n) is 14.1. The summed E-state index contributed by atoms with van der Waals surface area (Å²) < 4.78 is 5.29. The molecule has 2 fully saturated rings. The van der Waals surface area contributed by atoms with Gasteiger partial charge in [-0.25, -0.2) is 9.69 Å². The van der Waals surface area contributed by atoms with Crippen LogP contribution in [0.1, 0.15) is 65.4 Å². The van der Waals surface area contributed by atoms with Crippen molar-refractivity contribution in [3.05, 3.63) is 35.9 Å². The van der Waals surface area contributed by atoms with Crippen molar-refractivity contribution in [3.63, 3.8) is 0 Å². The van der Waals surface area contributed by atoms with Crippen LogP contribution in [0.4, 0.5) is 4.79 Å². The van der Waals surface area contributed by atoms with Crippen LogP contribution in [0.15, 0.2) is 30.3 Å². The predicted molar refractivity (Wildman–Crippen MR) is 149 cm³/mol. The second-order valence-corrected chi connectivity index (χ2v) is 11.4. The van der Waals surface area contributed by atoms with Crippen LogP contribution in [-0.4, -0.2) is 76.1 Å². The fourth-order valence-electron chi connectivity index (χ4n) is 5.19. The van der Waals surface area contributed by atoms with Crippen LogP contribution in [0.2, 0.25) is 0 Å². The highest BCUT2D eigenvalue weighted by molar-refractivity contribution is 6.02. The van der Waals surface area contributed by atoms with Crippen molar-refractivity contribution < 1.29 is 33.5 Å². The van der Waals surface area contributed by atoms with Crippen molar-refractivity contribution in [1.29, 1.82) is 0 Å². The highest BCUT2D eigenvalue weighted by Gasteiger charge is 2.43. The van der Waals surface area contributed by atoms with Gasteiger partial charge in [-0.3, -0.25) is 24.0 Å². The topological polar surface area (TPSA) is 168 Å². The van der Waals surface area contributed by atoms with E-state index in [1.807, 2.05) is 19.9 Å². The number of hydrogen-bond donors (Lipinski definition) is 3. The number of nitrogens with one attached hydrogen (secondary N) is 2. The fourth-order valence-corrected chi connectivity index (χ4v) is 5.19. The number of ether oxygens (including phenoxy) is 1. The van der Waals surface area contributed by atoms with Crippen LogP contribution in [0.3, 0.4) is 0 Å². The molecular formula is C29H41N5O7. The van der Waals surface area contributed by atoms with Gasteiger partial charge in [-0.2, -0.15) is 0 Å². The molecule has 4 atom stereocenters. The molecule has 2 aliphatic rings. The van der Waals surface area contributed by atoms with E-state index < -0.39 is 59.8 Å². The molecule has 12 nitrogen and oxygen atoms in total. The molecule has 4 N–H and O–H groups in total. The van der Waals surface area contributed by atoms with Crippen LogP contribution in [0.5, 0.6) is 0 Å². The van der Waals surface area contributed by atoms with Crippen molar-refractivity contribution in [1.82, 2.24) is 20.4 Å². The number of nitrogens with zero attached hydrogens (tertiary/aromatic N) is 2. The molecule has 224 valence electrons. The molecule has 1 aromatic rings. The minimum absolute atomic E-state index is 0.00535. The summed E-state index contributed by atoms with van der Waals surface area (Å²) in [5.74, 6) is -3.07. The molecule has 12 heteroatoms. The molecule has 41 heavy (non-hydrogen) atoms. The van der Waals surface area contributed by atoms with Crippen LogP contribution in [-0.2, 0) is 35.3 Å². The lowest BCUT2D eigenvalue weighted by atomic mass is 9.99. The van der Waals surface area contributed by atoms with Gasteiger partial charge in [0.15, 0.2) is 0 Å². The molecule has 0 unspecified atom stereocenters. The van der Waals surface area contributed by atoms with Gasteiger partial charge >= 0.3 is 6.09 Å². The Morgan fingerprint density at radius 1 is 1.00 bits per heavy atom. The first-order valence-corrected chi connectivity index (χ1v) is 14.1. The van der Waals surface area contributed by atoms with Gasteiger partial charge in [0.2, 0.25) is 29.5 Å². The van der Waals surface area contributed by atoms with Crippen LogP contribution >= 0.6 is 0 Å². The van der Waals surface area contributed by atoms with E-state index in [2.05, 4.69) is 10.6 Å². The predicted octanol–water partition coefficient (Wildman–Crippen LogP) is 1.46. The zero-order valence-electron chi connectivity index (χ0n) is 24.1. The summed E-state index contributed by atoms with van der Waals surface area (Å²) in [6, 6.07) is 5.12. The lowest BCUT2D eigenvalue weighted by Gasteiger charge is -2.31. The van der Waals surface area contributed by atoms with Gasteiger partial charge < -0.3 is 26.0 Å². The third-order valence-electron chi connectivity index (χ3n) is 7.35. The standard InChI is InChI=1S/C29H41N5O7/c1-17(2)15-20(26(37)32-24(18(3)4)28(39)33-14-8-11-21(33)25(30)36)31-27(38)22-12-13-23(35)34(22)29(40)41-16-19-9-6-5-7-10-19/h5-7,9-10,17-18,20-22,24H,8,11-16H2,1-4H3,(H2,30,36)(H,31,38)(H,32,37)/t20-,21+,22-,24+/m0/s1. The maximum Gasteiger partial charge on any atom is 0.417 e. The van der Waals surface area contributed by atoms with E-state index >= 15 is 0 Å². The highest BCUT2D eigenvalue weighted by Crippen LogP contribution is 2.22. The number of imide groups is 1. The molecular weight excluding hydrogens is 530 g/mol. The van der Waals surface area contributed by atoms with Gasteiger partial charge in [-0.05, 0) is 43.1 Å². The van der Waals surface area contributed by atoms with E-state index in [0.717, 1.165) is 10.5 Å². The number of primary amides is 1. The Morgan fingerprint density at radius 2 is 1.68 bits per heavy atom. The summed E-state index contributed by atoms with van der Waals surface area (Å²) in [7, 11) is 0. The monoisotopic (exact) mass is 571 g/mol. The minimum atomic E-state index is -1.13. The largest absolute Gasteiger partial charge is 0.444 e. The Hall–Kier alpha value is -3.96. The fraction of sp³-hybridized carbons (Fsp3) is 0.586. The Bertz CT molecular complexity index is 1140. The van der Waals surface area contributed by atoms with E-state index in [1.165, 1.54) is 4.90 Å². The van der Waals surface area contributed by atoms with E-state index in [0.29, 0.717) is 19.4 Å². The molecule has 2 saturated heterocycles. The molecule has 0 aromatic heterocycles. The van der Waals surface area contributed by atoms with Crippen molar-refractivity contribution in [2.45, 2.75) is 90.6 Å². The van der Waals surface area contributed by atoms with Crippen LogP contribution in [0.25, 0.3) is 0 Å². The molecule has 0 spiro atoms. The van der Waals surface area contributed by atoms with Crippen LogP contribution in [0, 0.1) is 11.8 Å². The van der Waals surface area contributed by atoms with E-state index in [9.17, 15) is 28.8 Å². The highest BCUT2D eigenvalue weighted by atomic mass is 16.6. The molecule has 2 heterocycles. The van der Waals surface area contributed by atoms with Gasteiger partial charge in [0, 0.05) is 13.0 Å². The lowest BCUT2D eigenvalue weighted by molar-refractivity contribution is -0.142. The first-order chi connectivity index (χ1) is 19.4. The number of amides is 6. The second kappa shape index (κ2) is 14.1. The number of rotatable bonds is 11. The van der Waals surface area contributed by atoms with Gasteiger partial charge in [-0.15, -0.1) is 0 Å². The third kappa shape index (κ3) is 8.05. The maximum atomic E-state index is 13.5. The Morgan fingerprint density at radius 3 is 2.29 bits per heavy atom. The van der Waals surface area contributed by atoms with Gasteiger partial charge in [0.1, 0.15) is 30.8 Å². The van der Waals surface area contributed by atoms with Crippen molar-refractivity contribution >= 4 is 35.6 Å². The zero-order chi connectivity index (χ0) is 30.3. The summed E-state index contributed by atoms with van der Waals surface area (Å²) in [6.07, 6.45) is 0.507. The first kappa shape index (κ1) is 31.6. The molecule has 6 amide bonds. The molecule has 0 bridgehead atoms. The molecule has 0 saturated carbocycles. The van der Waals surface area contributed by atoms with Crippen molar-refractivity contribution in [3.8, 4) is 0 Å². The van der Waals surface area contributed by atoms with E-state index in [4.69, 9.17) is 10.5 Å². The Kier molecular flexibility index (Phi) is 10.8. The average molecular weight is 572 g/mol. The molecule has 2 aliphatic heterocycles. The zero-order valence-corrected chi connectivity index (χ0v) is 24.1. The number of hydrogen-bond acceptors (Lipinski definition) is 7. The van der Waals surface area contributed by atoms with Gasteiger partial charge in [0.25, 0.3) is 0 Å². The van der Waals surface area contributed by atoms with Gasteiger partial charge in [-0.1, -0.05) is 58.0 Å². The van der Waals surface area contributed by atoms with E-state index in [-0.39, 0.29) is 37.7 Å². The SMILES string of the molecule is CC(C)C[C@H](NC(=O)[C@@H]1CCC(=O)N1C(=O)OCc1ccccc1)C(=O)N[C@@H](C(=O)N1CCC[C@@H]1C(N)=O)C(C)C. The number of likely N-dealkylation sites (tertiary alicyclic amines) is 2. The van der Waals surface area contributed by atoms with Crippen LogP contribution < -0.4 is 16.4 Å². The number of nitrogens with two attached hydrogens (primary N) is 1. The number of carbonyl (C=O) groups is 6. The molecule has 3 rings (SSSR count). The van der Waals surface area contributed by atoms with Crippen molar-refractivity contribution in [2.75, 3.05) is 6.54 Å². The summed E-state index contributed by atoms with van der Waals surface area (Å²) in [5, 5.41) is 5.46. The van der Waals surface area contributed by atoms with Crippen molar-refractivity contribution in [2.24, 2.45) is 17.6 Å². The molecule has 0 radical (unpaired) electrons. The Labute approximate surface area is 240 Å². The smallest absolute Gasteiger partial charge is 0.417 e. The average Bonchev–Trinajstić information content (AvgIpc) is 3.57. The summed E-state index contributed by atoms with van der Waals surface area (Å²) in [6.45, 7) is 7.61. The summed E-state index contributed by atoms with van der Waals surface area (Å²) in [5.41, 5.74) is 6.21.